The van der Waals surface area contributed by atoms with Gasteiger partial charge < -0.3 is 18.8 Å². The number of nitrogens with zero attached hydrogens (tertiary/aromatic N) is 3. The van der Waals surface area contributed by atoms with E-state index in [9.17, 15) is 9.59 Å². The van der Waals surface area contributed by atoms with E-state index >= 15 is 0 Å². The van der Waals surface area contributed by atoms with Crippen molar-refractivity contribution in [2.75, 3.05) is 31.1 Å². The van der Waals surface area contributed by atoms with Gasteiger partial charge in [0.25, 0.3) is 5.91 Å². The van der Waals surface area contributed by atoms with Gasteiger partial charge in [-0.3, -0.25) is 9.59 Å². The number of carbonyl (C=O) groups is 1. The normalized spacial score (nSPS) is 14.1. The fraction of sp³-hybridized carbons (Fsp3) is 0.360. The SMILES string of the molecule is CCc1c(C(=O)N2CCN(c3cccc(Cl)c3)CC2)c(=O)cc(C)n1Cc1ccc(C)o1. The fourth-order valence-electron chi connectivity index (χ4n) is 4.37. The van der Waals surface area contributed by atoms with Crippen LogP contribution in [0.2, 0.25) is 5.02 Å². The van der Waals surface area contributed by atoms with Gasteiger partial charge in [-0.2, -0.15) is 0 Å². The lowest BCUT2D eigenvalue weighted by Crippen LogP contribution is -2.50. The summed E-state index contributed by atoms with van der Waals surface area (Å²) in [5.41, 5.74) is 2.69. The molecule has 6 nitrogen and oxygen atoms in total. The Bertz CT molecular complexity index is 1190. The quantitative estimate of drug-likeness (QED) is 0.578. The number of hydrogen-bond acceptors (Lipinski definition) is 4. The molecule has 32 heavy (non-hydrogen) atoms. The smallest absolute Gasteiger partial charge is 0.259 e. The molecular weight excluding hydrogens is 426 g/mol. The molecule has 0 atom stereocenters. The first-order valence-electron chi connectivity index (χ1n) is 11.0. The van der Waals surface area contributed by atoms with Crippen LogP contribution < -0.4 is 10.3 Å². The summed E-state index contributed by atoms with van der Waals surface area (Å²) in [5, 5.41) is 0.695. The van der Waals surface area contributed by atoms with Crippen molar-refractivity contribution in [3.8, 4) is 0 Å². The summed E-state index contributed by atoms with van der Waals surface area (Å²) >= 11 is 6.13. The summed E-state index contributed by atoms with van der Waals surface area (Å²) in [6.07, 6.45) is 0.583. The molecule has 3 aromatic rings. The van der Waals surface area contributed by atoms with Crippen LogP contribution in [0.15, 0.2) is 51.7 Å². The zero-order valence-electron chi connectivity index (χ0n) is 18.7. The molecule has 0 N–H and O–H groups in total. The lowest BCUT2D eigenvalue weighted by molar-refractivity contribution is 0.0743. The van der Waals surface area contributed by atoms with Crippen LogP contribution in [0.25, 0.3) is 0 Å². The molecule has 1 aliphatic rings. The number of anilines is 1. The van der Waals surface area contributed by atoms with Gasteiger partial charge in [0.1, 0.15) is 17.1 Å². The van der Waals surface area contributed by atoms with Gasteiger partial charge in [-0.05, 0) is 50.6 Å². The lowest BCUT2D eigenvalue weighted by atomic mass is 10.1. The van der Waals surface area contributed by atoms with Crippen molar-refractivity contribution in [1.29, 1.82) is 0 Å². The predicted molar refractivity (Wildman–Crippen MR) is 127 cm³/mol. The second kappa shape index (κ2) is 9.25. The molecule has 168 valence electrons. The summed E-state index contributed by atoms with van der Waals surface area (Å²) in [5.74, 6) is 1.45. The van der Waals surface area contributed by atoms with E-state index in [1.165, 1.54) is 0 Å². The maximum absolute atomic E-state index is 13.5. The van der Waals surface area contributed by atoms with E-state index in [1.807, 2.05) is 61.7 Å². The van der Waals surface area contributed by atoms with E-state index in [0.717, 1.165) is 28.6 Å². The molecule has 0 aliphatic carbocycles. The number of aromatic nitrogens is 1. The number of furan rings is 1. The topological polar surface area (TPSA) is 58.7 Å². The Balaban J connectivity index is 1.58. The standard InChI is InChI=1S/C25H28ClN3O3/c1-4-22-24(23(30)14-17(2)29(22)16-21-9-8-18(3)32-21)25(31)28-12-10-27(11-13-28)20-7-5-6-19(26)15-20/h5-9,14-15H,4,10-13,16H2,1-3H3. The molecule has 4 rings (SSSR count). The molecular formula is C25H28ClN3O3. The Morgan fingerprint density at radius 3 is 2.44 bits per heavy atom. The maximum atomic E-state index is 13.5. The number of aryl methyl sites for hydroxylation is 2. The van der Waals surface area contributed by atoms with Crippen molar-refractivity contribution in [2.45, 2.75) is 33.7 Å². The van der Waals surface area contributed by atoms with Crippen LogP contribution in [0.5, 0.6) is 0 Å². The number of hydrogen-bond donors (Lipinski definition) is 0. The Morgan fingerprint density at radius 1 is 1.06 bits per heavy atom. The number of pyridine rings is 1. The molecule has 3 heterocycles. The van der Waals surface area contributed by atoms with Crippen molar-refractivity contribution in [3.05, 3.63) is 86.2 Å². The molecule has 1 aliphatic heterocycles. The van der Waals surface area contributed by atoms with Crippen molar-refractivity contribution in [1.82, 2.24) is 9.47 Å². The highest BCUT2D eigenvalue weighted by Gasteiger charge is 2.27. The predicted octanol–water partition coefficient (Wildman–Crippen LogP) is 4.28. The van der Waals surface area contributed by atoms with Crippen LogP contribution in [0.1, 0.15) is 40.2 Å². The van der Waals surface area contributed by atoms with E-state index in [1.54, 1.807) is 11.0 Å². The summed E-state index contributed by atoms with van der Waals surface area (Å²) in [7, 11) is 0. The van der Waals surface area contributed by atoms with E-state index < -0.39 is 0 Å². The van der Waals surface area contributed by atoms with Crippen molar-refractivity contribution >= 4 is 23.2 Å². The number of carbonyl (C=O) groups excluding carboxylic acids is 1. The van der Waals surface area contributed by atoms with Crippen molar-refractivity contribution in [2.24, 2.45) is 0 Å². The first kappa shape index (κ1) is 22.2. The third-order valence-corrected chi connectivity index (χ3v) is 6.26. The summed E-state index contributed by atoms with van der Waals surface area (Å²) in [6, 6.07) is 13.1. The molecule has 0 unspecified atom stereocenters. The van der Waals surface area contributed by atoms with E-state index in [0.29, 0.717) is 44.2 Å². The number of amides is 1. The van der Waals surface area contributed by atoms with Crippen LogP contribution in [0.4, 0.5) is 5.69 Å². The van der Waals surface area contributed by atoms with Crippen LogP contribution in [0.3, 0.4) is 0 Å². The first-order valence-corrected chi connectivity index (χ1v) is 11.3. The summed E-state index contributed by atoms with van der Waals surface area (Å²) in [6.45, 7) is 8.77. The van der Waals surface area contributed by atoms with E-state index in [-0.39, 0.29) is 16.9 Å². The average Bonchev–Trinajstić information content (AvgIpc) is 3.19. The summed E-state index contributed by atoms with van der Waals surface area (Å²) < 4.78 is 7.76. The molecule has 7 heteroatoms. The third kappa shape index (κ3) is 4.46. The Morgan fingerprint density at radius 2 is 1.81 bits per heavy atom. The Labute approximate surface area is 193 Å². The highest BCUT2D eigenvalue weighted by atomic mass is 35.5. The fourth-order valence-corrected chi connectivity index (χ4v) is 4.56. The van der Waals surface area contributed by atoms with Gasteiger partial charge in [0.05, 0.1) is 6.54 Å². The average molecular weight is 454 g/mol. The van der Waals surface area contributed by atoms with Crippen LogP contribution in [-0.2, 0) is 13.0 Å². The van der Waals surface area contributed by atoms with Gasteiger partial charge in [0, 0.05) is 54.3 Å². The zero-order valence-corrected chi connectivity index (χ0v) is 19.5. The Hall–Kier alpha value is -2.99. The third-order valence-electron chi connectivity index (χ3n) is 6.03. The van der Waals surface area contributed by atoms with Crippen LogP contribution in [0, 0.1) is 13.8 Å². The number of halogens is 1. The zero-order chi connectivity index (χ0) is 22.8. The monoisotopic (exact) mass is 453 g/mol. The van der Waals surface area contributed by atoms with Gasteiger partial charge in [0.15, 0.2) is 5.43 Å². The van der Waals surface area contributed by atoms with Gasteiger partial charge >= 0.3 is 0 Å². The van der Waals surface area contributed by atoms with E-state index in [2.05, 4.69) is 4.90 Å². The van der Waals surface area contributed by atoms with Crippen molar-refractivity contribution in [3.63, 3.8) is 0 Å². The Kier molecular flexibility index (Phi) is 6.42. The number of rotatable bonds is 5. The molecule has 1 fully saturated rings. The number of piperazine rings is 1. The van der Waals surface area contributed by atoms with Gasteiger partial charge in [-0.25, -0.2) is 0 Å². The van der Waals surface area contributed by atoms with Gasteiger partial charge in [0.2, 0.25) is 0 Å². The van der Waals surface area contributed by atoms with E-state index in [4.69, 9.17) is 16.0 Å². The lowest BCUT2D eigenvalue weighted by Gasteiger charge is -2.36. The van der Waals surface area contributed by atoms with Gasteiger partial charge in [-0.1, -0.05) is 24.6 Å². The molecule has 0 radical (unpaired) electrons. The first-order chi connectivity index (χ1) is 15.4. The van der Waals surface area contributed by atoms with Gasteiger partial charge in [-0.15, -0.1) is 0 Å². The summed E-state index contributed by atoms with van der Waals surface area (Å²) in [4.78, 5) is 30.4. The molecule has 0 saturated carbocycles. The van der Waals surface area contributed by atoms with Crippen LogP contribution >= 0.6 is 11.6 Å². The second-order valence-corrected chi connectivity index (χ2v) is 8.62. The molecule has 1 saturated heterocycles. The minimum Gasteiger partial charge on any atom is -0.464 e. The van der Waals surface area contributed by atoms with Crippen molar-refractivity contribution < 1.29 is 9.21 Å². The molecule has 0 spiro atoms. The molecule has 0 bridgehead atoms. The highest BCUT2D eigenvalue weighted by Crippen LogP contribution is 2.22. The minimum atomic E-state index is -0.214. The maximum Gasteiger partial charge on any atom is 0.259 e. The highest BCUT2D eigenvalue weighted by molar-refractivity contribution is 6.30. The van der Waals surface area contributed by atoms with Crippen LogP contribution in [-0.4, -0.2) is 41.6 Å². The molecule has 1 aromatic carbocycles. The minimum absolute atomic E-state index is 0.193. The second-order valence-electron chi connectivity index (χ2n) is 8.18. The molecule has 1 amide bonds. The largest absolute Gasteiger partial charge is 0.464 e. The molecule has 2 aromatic heterocycles. The number of benzene rings is 1.